The standard InChI is InChI=1S/C21H36N4O2S/c1-3-25(10-4-17-5-11-26-12-6-17)21-23-19(9-15-28)16(2)20(24-21)22-18-7-13-27-14-8-18/h17-18,28H,3-15H2,1-2H3,(H,22,23,24). The van der Waals surface area contributed by atoms with Gasteiger partial charge in [-0.25, -0.2) is 4.98 Å². The van der Waals surface area contributed by atoms with E-state index < -0.39 is 0 Å². The number of aryl methyl sites for hydroxylation is 1. The lowest BCUT2D eigenvalue weighted by Gasteiger charge is -2.28. The van der Waals surface area contributed by atoms with Crippen molar-refractivity contribution in [2.24, 2.45) is 5.92 Å². The average Bonchev–Trinajstić information content (AvgIpc) is 2.73. The Kier molecular flexibility index (Phi) is 8.67. The second-order valence-corrected chi connectivity index (χ2v) is 8.32. The fourth-order valence-electron chi connectivity index (χ4n) is 3.99. The first-order valence-electron chi connectivity index (χ1n) is 10.9. The minimum absolute atomic E-state index is 0.427. The number of hydrogen-bond donors (Lipinski definition) is 2. The van der Waals surface area contributed by atoms with Crippen LogP contribution in [-0.4, -0.2) is 61.3 Å². The van der Waals surface area contributed by atoms with E-state index in [9.17, 15) is 0 Å². The Hall–Kier alpha value is -1.05. The number of ether oxygens (including phenoxy) is 2. The van der Waals surface area contributed by atoms with Gasteiger partial charge in [0, 0.05) is 51.1 Å². The molecule has 0 aromatic carbocycles. The molecule has 3 heterocycles. The molecule has 6 nitrogen and oxygen atoms in total. The number of thiol groups is 1. The predicted molar refractivity (Wildman–Crippen MR) is 118 cm³/mol. The average molecular weight is 409 g/mol. The molecule has 0 saturated carbocycles. The second kappa shape index (κ2) is 11.2. The zero-order chi connectivity index (χ0) is 19.8. The van der Waals surface area contributed by atoms with Crippen LogP contribution in [0.4, 0.5) is 11.8 Å². The fourth-order valence-corrected chi connectivity index (χ4v) is 4.20. The van der Waals surface area contributed by atoms with Crippen molar-refractivity contribution in [3.63, 3.8) is 0 Å². The minimum atomic E-state index is 0.427. The minimum Gasteiger partial charge on any atom is -0.381 e. The Balaban J connectivity index is 1.74. The summed E-state index contributed by atoms with van der Waals surface area (Å²) in [7, 11) is 0. The van der Waals surface area contributed by atoms with E-state index in [0.29, 0.717) is 6.04 Å². The molecule has 158 valence electrons. The van der Waals surface area contributed by atoms with Gasteiger partial charge in [0.2, 0.25) is 5.95 Å². The van der Waals surface area contributed by atoms with Crippen LogP contribution in [0.25, 0.3) is 0 Å². The van der Waals surface area contributed by atoms with Crippen LogP contribution in [0.15, 0.2) is 0 Å². The monoisotopic (exact) mass is 408 g/mol. The van der Waals surface area contributed by atoms with Gasteiger partial charge in [0.25, 0.3) is 0 Å². The molecule has 0 atom stereocenters. The molecule has 0 amide bonds. The van der Waals surface area contributed by atoms with Crippen molar-refractivity contribution in [1.29, 1.82) is 0 Å². The van der Waals surface area contributed by atoms with Crippen molar-refractivity contribution in [1.82, 2.24) is 9.97 Å². The summed E-state index contributed by atoms with van der Waals surface area (Å²) in [6.45, 7) is 9.70. The van der Waals surface area contributed by atoms with Crippen molar-refractivity contribution < 1.29 is 9.47 Å². The molecule has 2 fully saturated rings. The van der Waals surface area contributed by atoms with E-state index in [1.807, 2.05) is 0 Å². The molecule has 3 rings (SSSR count). The van der Waals surface area contributed by atoms with Gasteiger partial charge < -0.3 is 19.7 Å². The van der Waals surface area contributed by atoms with Crippen LogP contribution in [0.5, 0.6) is 0 Å². The molecule has 7 heteroatoms. The Morgan fingerprint density at radius 1 is 1.07 bits per heavy atom. The number of rotatable bonds is 9. The van der Waals surface area contributed by atoms with Gasteiger partial charge in [0.05, 0.1) is 5.69 Å². The highest BCUT2D eigenvalue weighted by atomic mass is 32.1. The van der Waals surface area contributed by atoms with Crippen molar-refractivity contribution in [3.8, 4) is 0 Å². The molecule has 0 radical (unpaired) electrons. The van der Waals surface area contributed by atoms with Crippen molar-refractivity contribution in [3.05, 3.63) is 11.3 Å². The van der Waals surface area contributed by atoms with E-state index in [0.717, 1.165) is 93.5 Å². The van der Waals surface area contributed by atoms with Crippen molar-refractivity contribution >= 4 is 24.4 Å². The number of anilines is 2. The Bertz CT molecular complexity index is 604. The fraction of sp³-hybridized carbons (Fsp3) is 0.810. The van der Waals surface area contributed by atoms with Gasteiger partial charge >= 0.3 is 0 Å². The highest BCUT2D eigenvalue weighted by Gasteiger charge is 2.20. The van der Waals surface area contributed by atoms with Crippen LogP contribution < -0.4 is 10.2 Å². The van der Waals surface area contributed by atoms with Crippen LogP contribution >= 0.6 is 12.6 Å². The molecule has 0 bridgehead atoms. The summed E-state index contributed by atoms with van der Waals surface area (Å²) in [6.07, 6.45) is 6.45. The van der Waals surface area contributed by atoms with E-state index in [-0.39, 0.29) is 0 Å². The van der Waals surface area contributed by atoms with Gasteiger partial charge in [-0.05, 0) is 64.0 Å². The molecular formula is C21H36N4O2S. The number of aromatic nitrogens is 2. The third kappa shape index (κ3) is 5.97. The summed E-state index contributed by atoms with van der Waals surface area (Å²) in [6, 6.07) is 0.427. The summed E-state index contributed by atoms with van der Waals surface area (Å²) in [5.41, 5.74) is 2.27. The topological polar surface area (TPSA) is 59.5 Å². The molecule has 2 aliphatic rings. The molecule has 1 aromatic heterocycles. The third-order valence-electron chi connectivity index (χ3n) is 5.96. The SMILES string of the molecule is CCN(CCC1CCOCC1)c1nc(CCS)c(C)c(NC2CCOCC2)n1. The number of nitrogens with zero attached hydrogens (tertiary/aromatic N) is 3. The van der Waals surface area contributed by atoms with Gasteiger partial charge in [-0.2, -0.15) is 17.6 Å². The van der Waals surface area contributed by atoms with E-state index in [2.05, 4.69) is 36.7 Å². The summed E-state index contributed by atoms with van der Waals surface area (Å²) in [4.78, 5) is 12.2. The van der Waals surface area contributed by atoms with Gasteiger partial charge in [-0.15, -0.1) is 0 Å². The lowest BCUT2D eigenvalue weighted by atomic mass is 9.96. The Morgan fingerprint density at radius 3 is 2.39 bits per heavy atom. The normalized spacial score (nSPS) is 19.0. The van der Waals surface area contributed by atoms with Gasteiger partial charge in [-0.1, -0.05) is 0 Å². The van der Waals surface area contributed by atoms with E-state index in [1.54, 1.807) is 0 Å². The first kappa shape index (κ1) is 21.7. The highest BCUT2D eigenvalue weighted by Crippen LogP contribution is 2.25. The van der Waals surface area contributed by atoms with Crippen molar-refractivity contribution in [2.75, 3.05) is 55.5 Å². The molecule has 1 aromatic rings. The first-order valence-corrected chi connectivity index (χ1v) is 11.5. The third-order valence-corrected chi connectivity index (χ3v) is 6.18. The van der Waals surface area contributed by atoms with Crippen LogP contribution in [0.3, 0.4) is 0 Å². The largest absolute Gasteiger partial charge is 0.381 e. The molecule has 0 unspecified atom stereocenters. The highest BCUT2D eigenvalue weighted by molar-refractivity contribution is 7.80. The molecule has 0 aliphatic carbocycles. The van der Waals surface area contributed by atoms with E-state index in [1.165, 1.54) is 19.3 Å². The second-order valence-electron chi connectivity index (χ2n) is 7.87. The number of hydrogen-bond acceptors (Lipinski definition) is 7. The zero-order valence-electron chi connectivity index (χ0n) is 17.5. The number of nitrogens with one attached hydrogen (secondary N) is 1. The lowest BCUT2D eigenvalue weighted by Crippen LogP contribution is -2.31. The molecule has 1 N–H and O–H groups in total. The summed E-state index contributed by atoms with van der Waals surface area (Å²) in [5, 5.41) is 3.67. The molecule has 0 spiro atoms. The van der Waals surface area contributed by atoms with Crippen molar-refractivity contribution in [2.45, 2.75) is 58.4 Å². The maximum Gasteiger partial charge on any atom is 0.227 e. The first-order chi connectivity index (χ1) is 13.7. The maximum absolute atomic E-state index is 5.50. The Morgan fingerprint density at radius 2 is 1.75 bits per heavy atom. The summed E-state index contributed by atoms with van der Waals surface area (Å²) >= 11 is 4.44. The van der Waals surface area contributed by atoms with Gasteiger partial charge in [0.15, 0.2) is 0 Å². The van der Waals surface area contributed by atoms with Gasteiger partial charge in [0.1, 0.15) is 5.82 Å². The van der Waals surface area contributed by atoms with E-state index >= 15 is 0 Å². The Labute approximate surface area is 175 Å². The molecule has 2 saturated heterocycles. The molecular weight excluding hydrogens is 372 g/mol. The summed E-state index contributed by atoms with van der Waals surface area (Å²) < 4.78 is 11.0. The van der Waals surface area contributed by atoms with Gasteiger partial charge in [-0.3, -0.25) is 0 Å². The maximum atomic E-state index is 5.50. The zero-order valence-corrected chi connectivity index (χ0v) is 18.3. The lowest BCUT2D eigenvalue weighted by molar-refractivity contribution is 0.0645. The quantitative estimate of drug-likeness (QED) is 0.610. The smallest absolute Gasteiger partial charge is 0.227 e. The van der Waals surface area contributed by atoms with Crippen LogP contribution in [0, 0.1) is 12.8 Å². The van der Waals surface area contributed by atoms with Crippen LogP contribution in [0.1, 0.15) is 50.3 Å². The van der Waals surface area contributed by atoms with Crippen LogP contribution in [0.2, 0.25) is 0 Å². The summed E-state index contributed by atoms with van der Waals surface area (Å²) in [5.74, 6) is 3.39. The predicted octanol–water partition coefficient (Wildman–Crippen LogP) is 3.49. The van der Waals surface area contributed by atoms with Crippen LogP contribution in [-0.2, 0) is 15.9 Å². The molecule has 2 aliphatic heterocycles. The van der Waals surface area contributed by atoms with E-state index in [4.69, 9.17) is 19.4 Å². The molecule has 28 heavy (non-hydrogen) atoms.